The fourth-order valence-corrected chi connectivity index (χ4v) is 2.32. The van der Waals surface area contributed by atoms with Gasteiger partial charge in [0, 0.05) is 10.9 Å². The van der Waals surface area contributed by atoms with Crippen molar-refractivity contribution in [1.29, 1.82) is 0 Å². The molecule has 0 aliphatic carbocycles. The molecule has 0 saturated heterocycles. The average molecular weight is 278 g/mol. The van der Waals surface area contributed by atoms with Crippen LogP contribution in [-0.2, 0) is 0 Å². The summed E-state index contributed by atoms with van der Waals surface area (Å²) >= 11 is 0. The maximum Gasteiger partial charge on any atom is 0.165 e. The van der Waals surface area contributed by atoms with Crippen molar-refractivity contribution >= 4 is 10.8 Å². The molecule has 0 aliphatic heterocycles. The zero-order chi connectivity index (χ0) is 15.0. The molecule has 0 aromatic heterocycles. The predicted octanol–water partition coefficient (Wildman–Crippen LogP) is 4.04. The van der Waals surface area contributed by atoms with Gasteiger partial charge in [0.15, 0.2) is 11.6 Å². The lowest BCUT2D eigenvalue weighted by Crippen LogP contribution is -1.86. The highest BCUT2D eigenvalue weighted by Gasteiger charge is 2.08. The third kappa shape index (κ3) is 2.28. The Morgan fingerprint density at radius 3 is 2.43 bits per heavy atom. The summed E-state index contributed by atoms with van der Waals surface area (Å²) in [4.78, 5) is 0. The van der Waals surface area contributed by atoms with Gasteiger partial charge in [-0.2, -0.15) is 0 Å². The van der Waals surface area contributed by atoms with E-state index >= 15 is 0 Å². The van der Waals surface area contributed by atoms with E-state index in [0.29, 0.717) is 11.1 Å². The molecule has 3 aromatic carbocycles. The Hall–Kier alpha value is -2.99. The highest BCUT2D eigenvalue weighted by Crippen LogP contribution is 2.31. The van der Waals surface area contributed by atoms with Crippen LogP contribution in [0.2, 0.25) is 0 Å². The Balaban J connectivity index is 2.27. The lowest BCUT2D eigenvalue weighted by atomic mass is 9.97. The van der Waals surface area contributed by atoms with Gasteiger partial charge in [-0.25, -0.2) is 4.39 Å². The first kappa shape index (κ1) is 13.0. The van der Waals surface area contributed by atoms with Gasteiger partial charge >= 0.3 is 0 Å². The monoisotopic (exact) mass is 278 g/mol. The summed E-state index contributed by atoms with van der Waals surface area (Å²) < 4.78 is 13.5. The minimum Gasteiger partial charge on any atom is -0.508 e. The Bertz CT molecular complexity index is 892. The van der Waals surface area contributed by atoms with Gasteiger partial charge in [0.05, 0.1) is 0 Å². The number of phenols is 2. The van der Waals surface area contributed by atoms with Crippen LogP contribution >= 0.6 is 0 Å². The van der Waals surface area contributed by atoms with E-state index in [1.54, 1.807) is 30.3 Å². The van der Waals surface area contributed by atoms with Crippen LogP contribution in [0.25, 0.3) is 21.9 Å². The van der Waals surface area contributed by atoms with E-state index in [9.17, 15) is 14.6 Å². The molecular formula is C18H11FO2. The lowest BCUT2D eigenvalue weighted by molar-refractivity contribution is 0.432. The third-order valence-corrected chi connectivity index (χ3v) is 3.37. The maximum absolute atomic E-state index is 13.5. The summed E-state index contributed by atoms with van der Waals surface area (Å²) in [6.45, 7) is 0. The Morgan fingerprint density at radius 1 is 0.905 bits per heavy atom. The van der Waals surface area contributed by atoms with Crippen LogP contribution in [0.1, 0.15) is 5.56 Å². The number of aromatic hydroxyl groups is 2. The van der Waals surface area contributed by atoms with Gasteiger partial charge in [-0.15, -0.1) is 6.42 Å². The summed E-state index contributed by atoms with van der Waals surface area (Å²) in [5, 5.41) is 20.4. The molecule has 3 heteroatoms. The van der Waals surface area contributed by atoms with Crippen molar-refractivity contribution in [2.45, 2.75) is 0 Å². The minimum absolute atomic E-state index is 0.141. The van der Waals surface area contributed by atoms with E-state index < -0.39 is 5.82 Å². The van der Waals surface area contributed by atoms with Crippen LogP contribution in [0.15, 0.2) is 48.5 Å². The number of halogens is 1. The molecule has 0 aliphatic rings. The summed E-state index contributed by atoms with van der Waals surface area (Å²) in [5.74, 6) is 1.65. The zero-order valence-electron chi connectivity index (χ0n) is 11.0. The molecule has 2 N–H and O–H groups in total. The number of hydrogen-bond acceptors (Lipinski definition) is 2. The molecule has 3 rings (SSSR count). The molecular weight excluding hydrogens is 267 g/mol. The van der Waals surface area contributed by atoms with Crippen LogP contribution in [-0.4, -0.2) is 10.2 Å². The molecule has 0 heterocycles. The Morgan fingerprint density at radius 2 is 1.71 bits per heavy atom. The molecule has 0 unspecified atom stereocenters. The number of rotatable bonds is 1. The lowest BCUT2D eigenvalue weighted by Gasteiger charge is -2.08. The number of fused-ring (bicyclic) bond motifs is 1. The first-order valence-corrected chi connectivity index (χ1v) is 6.31. The third-order valence-electron chi connectivity index (χ3n) is 3.37. The largest absolute Gasteiger partial charge is 0.508 e. The normalized spacial score (nSPS) is 10.5. The number of hydrogen-bond donors (Lipinski definition) is 2. The first-order valence-electron chi connectivity index (χ1n) is 6.31. The van der Waals surface area contributed by atoms with Crippen LogP contribution in [0.3, 0.4) is 0 Å². The molecule has 0 radical (unpaired) electrons. The minimum atomic E-state index is -0.680. The Kier molecular flexibility index (Phi) is 3.00. The summed E-state index contributed by atoms with van der Waals surface area (Å²) in [5.41, 5.74) is 1.99. The summed E-state index contributed by atoms with van der Waals surface area (Å²) in [6.07, 6.45) is 5.52. The SMILES string of the molecule is C#Cc1cc(-c2ccc(O)c(F)c2)cc2ccc(O)cc12. The Labute approximate surface area is 121 Å². The van der Waals surface area contributed by atoms with E-state index in [-0.39, 0.29) is 11.5 Å². The number of benzene rings is 3. The van der Waals surface area contributed by atoms with Crippen molar-refractivity contribution in [3.8, 4) is 35.0 Å². The van der Waals surface area contributed by atoms with Gasteiger partial charge in [-0.3, -0.25) is 0 Å². The molecule has 0 amide bonds. The first-order chi connectivity index (χ1) is 10.1. The molecule has 21 heavy (non-hydrogen) atoms. The molecule has 3 aromatic rings. The van der Waals surface area contributed by atoms with E-state index in [2.05, 4.69) is 5.92 Å². The van der Waals surface area contributed by atoms with Crippen LogP contribution in [0.5, 0.6) is 11.5 Å². The second-order valence-electron chi connectivity index (χ2n) is 4.74. The van der Waals surface area contributed by atoms with Crippen LogP contribution in [0, 0.1) is 18.2 Å². The highest BCUT2D eigenvalue weighted by atomic mass is 19.1. The topological polar surface area (TPSA) is 40.5 Å². The number of phenolic OH excluding ortho intramolecular Hbond substituents is 2. The van der Waals surface area contributed by atoms with Crippen LogP contribution in [0.4, 0.5) is 4.39 Å². The fraction of sp³-hybridized carbons (Fsp3) is 0. The predicted molar refractivity (Wildman–Crippen MR) is 80.6 cm³/mol. The van der Waals surface area contributed by atoms with Gasteiger partial charge in [0.1, 0.15) is 5.75 Å². The van der Waals surface area contributed by atoms with Gasteiger partial charge in [-0.05, 0) is 52.9 Å². The van der Waals surface area contributed by atoms with E-state index in [4.69, 9.17) is 6.42 Å². The molecule has 0 fully saturated rings. The standard InChI is InChI=1S/C18H11FO2/c1-2-11-7-14(12-4-6-18(21)17(19)9-12)8-13-3-5-15(20)10-16(11)13/h1,3-10,20-21H. The molecule has 2 nitrogen and oxygen atoms in total. The van der Waals surface area contributed by atoms with Crippen molar-refractivity contribution < 1.29 is 14.6 Å². The smallest absolute Gasteiger partial charge is 0.165 e. The highest BCUT2D eigenvalue weighted by molar-refractivity contribution is 5.93. The van der Waals surface area contributed by atoms with Gasteiger partial charge in [0.2, 0.25) is 0 Å². The van der Waals surface area contributed by atoms with Crippen molar-refractivity contribution in [3.63, 3.8) is 0 Å². The van der Waals surface area contributed by atoms with Gasteiger partial charge in [-0.1, -0.05) is 18.1 Å². The molecule has 0 saturated carbocycles. The number of terminal acetylenes is 1. The fourth-order valence-electron chi connectivity index (χ4n) is 2.32. The van der Waals surface area contributed by atoms with Crippen molar-refractivity contribution in [3.05, 3.63) is 59.9 Å². The van der Waals surface area contributed by atoms with Crippen molar-refractivity contribution in [1.82, 2.24) is 0 Å². The second kappa shape index (κ2) is 4.84. The van der Waals surface area contributed by atoms with E-state index in [1.165, 1.54) is 12.1 Å². The van der Waals surface area contributed by atoms with Crippen molar-refractivity contribution in [2.75, 3.05) is 0 Å². The average Bonchev–Trinajstić information content (AvgIpc) is 2.49. The van der Waals surface area contributed by atoms with E-state index in [1.807, 2.05) is 6.07 Å². The van der Waals surface area contributed by atoms with E-state index in [0.717, 1.165) is 16.3 Å². The van der Waals surface area contributed by atoms with Gasteiger partial charge in [0.25, 0.3) is 0 Å². The molecule has 102 valence electrons. The molecule has 0 atom stereocenters. The molecule has 0 bridgehead atoms. The zero-order valence-corrected chi connectivity index (χ0v) is 11.0. The second-order valence-corrected chi connectivity index (χ2v) is 4.74. The summed E-state index contributed by atoms with van der Waals surface area (Å²) in [6, 6.07) is 12.7. The maximum atomic E-state index is 13.5. The summed E-state index contributed by atoms with van der Waals surface area (Å²) in [7, 11) is 0. The van der Waals surface area contributed by atoms with Crippen LogP contribution < -0.4 is 0 Å². The van der Waals surface area contributed by atoms with Crippen molar-refractivity contribution in [2.24, 2.45) is 0 Å². The van der Waals surface area contributed by atoms with Gasteiger partial charge < -0.3 is 10.2 Å². The quantitative estimate of drug-likeness (QED) is 0.659. The molecule has 0 spiro atoms.